The monoisotopic (exact) mass is 472 g/mol. The van der Waals surface area contributed by atoms with E-state index in [1.54, 1.807) is 25.1 Å². The van der Waals surface area contributed by atoms with Gasteiger partial charge < -0.3 is 10.2 Å². The van der Waals surface area contributed by atoms with E-state index in [1.807, 2.05) is 22.8 Å². The minimum atomic E-state index is -0.467. The van der Waals surface area contributed by atoms with Gasteiger partial charge in [0.1, 0.15) is 0 Å². The summed E-state index contributed by atoms with van der Waals surface area (Å²) < 4.78 is 1.88. The van der Waals surface area contributed by atoms with Crippen LogP contribution in [0.5, 0.6) is 0 Å². The molecule has 166 valence electrons. The van der Waals surface area contributed by atoms with Gasteiger partial charge in [0.25, 0.3) is 5.69 Å². The molecule has 1 aliphatic rings. The van der Waals surface area contributed by atoms with Gasteiger partial charge in [0.15, 0.2) is 5.16 Å². The van der Waals surface area contributed by atoms with Gasteiger partial charge in [-0.15, -0.1) is 10.2 Å². The largest absolute Gasteiger partial charge is 0.341 e. The number of carbonyl (C=O) groups is 1. The van der Waals surface area contributed by atoms with Crippen LogP contribution in [0, 0.1) is 17.0 Å². The summed E-state index contributed by atoms with van der Waals surface area (Å²) in [5.74, 6) is 0.460. The molecule has 9 nitrogen and oxygen atoms in total. The molecule has 2 heterocycles. The third-order valence-corrected chi connectivity index (χ3v) is 6.37. The molecule has 1 aromatic heterocycles. The molecule has 0 unspecified atom stereocenters. The number of nitrogens with one attached hydrogen (secondary N) is 1. The first-order valence-electron chi connectivity index (χ1n) is 10.1. The van der Waals surface area contributed by atoms with Crippen LogP contribution >= 0.6 is 23.4 Å². The lowest BCUT2D eigenvalue weighted by atomic mass is 10.2. The number of rotatable bonds is 7. The van der Waals surface area contributed by atoms with Crippen molar-refractivity contribution in [2.45, 2.75) is 24.9 Å². The van der Waals surface area contributed by atoms with Crippen molar-refractivity contribution in [3.63, 3.8) is 0 Å². The average Bonchev–Trinajstić information content (AvgIpc) is 3.43. The lowest BCUT2D eigenvalue weighted by Gasteiger charge is -2.19. The first-order valence-corrected chi connectivity index (χ1v) is 11.4. The molecule has 3 aromatic rings. The molecule has 2 aromatic carbocycles. The van der Waals surface area contributed by atoms with Crippen LogP contribution in [-0.2, 0) is 4.79 Å². The number of nitrogens with zero attached hydrogens (tertiary/aromatic N) is 5. The number of hydrogen-bond donors (Lipinski definition) is 1. The van der Waals surface area contributed by atoms with E-state index in [2.05, 4.69) is 20.4 Å². The molecular weight excluding hydrogens is 452 g/mol. The Balaban J connectivity index is 1.53. The first kappa shape index (κ1) is 22.1. The Morgan fingerprint density at radius 2 is 1.97 bits per heavy atom. The number of anilines is 2. The highest BCUT2D eigenvalue weighted by Gasteiger charge is 2.24. The smallest absolute Gasteiger partial charge is 0.274 e. The molecule has 0 aliphatic carbocycles. The Kier molecular flexibility index (Phi) is 6.61. The second-order valence-corrected chi connectivity index (χ2v) is 8.71. The number of carbonyl (C=O) groups excluding carboxylic acids is 1. The zero-order chi connectivity index (χ0) is 22.7. The SMILES string of the molecule is Cc1ccc(NC(=O)CSc2nnc(N3CCCC3)n2-c2ccccc2Cl)cc1[N+](=O)[O-]. The average molecular weight is 473 g/mol. The molecule has 4 rings (SSSR count). The molecule has 1 aliphatic heterocycles. The van der Waals surface area contributed by atoms with Crippen LogP contribution in [-0.4, -0.2) is 44.4 Å². The highest BCUT2D eigenvalue weighted by atomic mass is 35.5. The number of hydrogen-bond acceptors (Lipinski definition) is 7. The molecule has 1 saturated heterocycles. The second-order valence-electron chi connectivity index (χ2n) is 7.36. The van der Waals surface area contributed by atoms with Gasteiger partial charge in [-0.2, -0.15) is 0 Å². The van der Waals surface area contributed by atoms with E-state index in [-0.39, 0.29) is 17.3 Å². The molecule has 1 N–H and O–H groups in total. The van der Waals surface area contributed by atoms with Crippen LogP contribution in [0.15, 0.2) is 47.6 Å². The van der Waals surface area contributed by atoms with E-state index in [4.69, 9.17) is 11.6 Å². The minimum absolute atomic E-state index is 0.0378. The molecule has 0 radical (unpaired) electrons. The van der Waals surface area contributed by atoms with E-state index in [9.17, 15) is 14.9 Å². The van der Waals surface area contributed by atoms with Gasteiger partial charge in [-0.1, -0.05) is 41.6 Å². The van der Waals surface area contributed by atoms with Gasteiger partial charge in [-0.3, -0.25) is 19.5 Å². The van der Waals surface area contributed by atoms with Crippen molar-refractivity contribution in [2.75, 3.05) is 29.1 Å². The van der Waals surface area contributed by atoms with Gasteiger partial charge in [0.2, 0.25) is 11.9 Å². The van der Waals surface area contributed by atoms with Crippen molar-refractivity contribution in [3.05, 3.63) is 63.2 Å². The van der Waals surface area contributed by atoms with Crippen molar-refractivity contribution in [1.82, 2.24) is 14.8 Å². The van der Waals surface area contributed by atoms with Crippen molar-refractivity contribution in [3.8, 4) is 5.69 Å². The number of amides is 1. The summed E-state index contributed by atoms with van der Waals surface area (Å²) >= 11 is 7.68. The summed E-state index contributed by atoms with van der Waals surface area (Å²) in [5, 5.41) is 23.6. The molecule has 1 amide bonds. The van der Waals surface area contributed by atoms with Gasteiger partial charge >= 0.3 is 0 Å². The first-order chi connectivity index (χ1) is 15.4. The number of nitro benzene ring substituents is 1. The van der Waals surface area contributed by atoms with Crippen LogP contribution in [0.2, 0.25) is 5.02 Å². The van der Waals surface area contributed by atoms with Gasteiger partial charge in [0.05, 0.1) is 21.4 Å². The van der Waals surface area contributed by atoms with Crippen molar-refractivity contribution in [1.29, 1.82) is 0 Å². The van der Waals surface area contributed by atoms with Crippen LogP contribution < -0.4 is 10.2 Å². The summed E-state index contributed by atoms with van der Waals surface area (Å²) in [6.07, 6.45) is 2.17. The van der Waals surface area contributed by atoms with E-state index in [0.717, 1.165) is 31.6 Å². The number of nitro groups is 1. The summed E-state index contributed by atoms with van der Waals surface area (Å²) in [6.45, 7) is 3.43. The van der Waals surface area contributed by atoms with Crippen LogP contribution in [0.3, 0.4) is 0 Å². The van der Waals surface area contributed by atoms with Crippen molar-refractivity contribution >= 4 is 46.6 Å². The molecule has 0 saturated carbocycles. The number of aromatic nitrogens is 3. The maximum absolute atomic E-state index is 12.5. The fraction of sp³-hybridized carbons (Fsp3) is 0.286. The maximum atomic E-state index is 12.5. The van der Waals surface area contributed by atoms with Gasteiger partial charge in [-0.25, -0.2) is 0 Å². The van der Waals surface area contributed by atoms with Gasteiger partial charge in [0, 0.05) is 30.4 Å². The molecule has 0 atom stereocenters. The maximum Gasteiger partial charge on any atom is 0.274 e. The number of thioether (sulfide) groups is 1. The Bertz CT molecular complexity index is 1160. The zero-order valence-corrected chi connectivity index (χ0v) is 18.9. The van der Waals surface area contributed by atoms with E-state index < -0.39 is 4.92 Å². The molecule has 0 spiro atoms. The van der Waals surface area contributed by atoms with Crippen molar-refractivity contribution in [2.24, 2.45) is 0 Å². The molecule has 1 fully saturated rings. The molecular formula is C21H21ClN6O3S. The fourth-order valence-corrected chi connectivity index (χ4v) is 4.49. The van der Waals surface area contributed by atoms with Gasteiger partial charge in [-0.05, 0) is 38.0 Å². The quantitative estimate of drug-likeness (QED) is 0.307. The Hall–Kier alpha value is -3.11. The highest BCUT2D eigenvalue weighted by Crippen LogP contribution is 2.32. The summed E-state index contributed by atoms with van der Waals surface area (Å²) in [6, 6.07) is 12.0. The Morgan fingerprint density at radius 3 is 2.69 bits per heavy atom. The zero-order valence-electron chi connectivity index (χ0n) is 17.3. The van der Waals surface area contributed by atoms with E-state index in [1.165, 1.54) is 17.8 Å². The Morgan fingerprint density at radius 1 is 1.22 bits per heavy atom. The third kappa shape index (κ3) is 4.71. The van der Waals surface area contributed by atoms with Crippen LogP contribution in [0.4, 0.5) is 17.3 Å². The molecule has 11 heteroatoms. The summed E-state index contributed by atoms with van der Waals surface area (Å²) in [5.41, 5.74) is 1.62. The predicted molar refractivity (Wildman–Crippen MR) is 125 cm³/mol. The minimum Gasteiger partial charge on any atom is -0.341 e. The third-order valence-electron chi connectivity index (χ3n) is 5.12. The normalized spacial score (nSPS) is 13.4. The Labute approximate surface area is 193 Å². The number of aryl methyl sites for hydroxylation is 1. The second kappa shape index (κ2) is 9.58. The molecule has 32 heavy (non-hydrogen) atoms. The number of halogens is 1. The fourth-order valence-electron chi connectivity index (χ4n) is 3.53. The lowest BCUT2D eigenvalue weighted by Crippen LogP contribution is -2.22. The topological polar surface area (TPSA) is 106 Å². The molecule has 0 bridgehead atoms. The standard InChI is InChI=1S/C21H21ClN6O3S/c1-14-8-9-15(12-18(14)28(30)31)23-19(29)13-32-21-25-24-20(26-10-4-5-11-26)27(21)17-7-3-2-6-16(17)22/h2-3,6-9,12H,4-5,10-11,13H2,1H3,(H,23,29). The summed E-state index contributed by atoms with van der Waals surface area (Å²) in [7, 11) is 0. The van der Waals surface area contributed by atoms with Crippen LogP contribution in [0.1, 0.15) is 18.4 Å². The highest BCUT2D eigenvalue weighted by molar-refractivity contribution is 7.99. The van der Waals surface area contributed by atoms with Crippen molar-refractivity contribution < 1.29 is 9.72 Å². The summed E-state index contributed by atoms with van der Waals surface area (Å²) in [4.78, 5) is 25.4. The number of benzene rings is 2. The van der Waals surface area contributed by atoms with Crippen LogP contribution in [0.25, 0.3) is 5.69 Å². The number of para-hydroxylation sites is 1. The lowest BCUT2D eigenvalue weighted by molar-refractivity contribution is -0.385. The predicted octanol–water partition coefficient (Wildman–Crippen LogP) is 4.47. The van der Waals surface area contributed by atoms with E-state index in [0.29, 0.717) is 27.4 Å². The van der Waals surface area contributed by atoms with E-state index >= 15 is 0 Å².